The summed E-state index contributed by atoms with van der Waals surface area (Å²) >= 11 is 0. The molecule has 0 saturated heterocycles. The van der Waals surface area contributed by atoms with E-state index in [9.17, 15) is 0 Å². The standard InChI is InChI=1S/C17H24N4/c1-18-12-13-8-9-19-15(10-13)14-6-7-16(20(2)3)17(11-14)21(4)5/h6-11,18H,12H2,1-5H3. The molecule has 1 heterocycles. The molecule has 0 unspecified atom stereocenters. The topological polar surface area (TPSA) is 31.4 Å². The third-order valence-corrected chi connectivity index (χ3v) is 3.44. The molecule has 0 amide bonds. The normalized spacial score (nSPS) is 10.5. The minimum Gasteiger partial charge on any atom is -0.376 e. The Morgan fingerprint density at radius 3 is 2.29 bits per heavy atom. The number of benzene rings is 1. The predicted octanol–water partition coefficient (Wildman–Crippen LogP) is 2.60. The van der Waals surface area contributed by atoms with Gasteiger partial charge in [-0.3, -0.25) is 4.98 Å². The first-order valence-corrected chi connectivity index (χ1v) is 7.11. The van der Waals surface area contributed by atoms with E-state index in [-0.39, 0.29) is 0 Å². The van der Waals surface area contributed by atoms with Gasteiger partial charge in [-0.05, 0) is 36.9 Å². The third-order valence-electron chi connectivity index (χ3n) is 3.44. The summed E-state index contributed by atoms with van der Waals surface area (Å²) in [7, 11) is 10.2. The summed E-state index contributed by atoms with van der Waals surface area (Å²) in [6.45, 7) is 0.853. The maximum absolute atomic E-state index is 4.51. The maximum atomic E-state index is 4.51. The fourth-order valence-corrected chi connectivity index (χ4v) is 2.37. The van der Waals surface area contributed by atoms with Crippen molar-refractivity contribution in [2.75, 3.05) is 45.0 Å². The molecule has 2 rings (SSSR count). The van der Waals surface area contributed by atoms with Crippen LogP contribution >= 0.6 is 0 Å². The number of hydrogen-bond acceptors (Lipinski definition) is 4. The number of hydrogen-bond donors (Lipinski definition) is 1. The average Bonchev–Trinajstić information content (AvgIpc) is 2.47. The summed E-state index contributed by atoms with van der Waals surface area (Å²) in [5, 5.41) is 3.17. The lowest BCUT2D eigenvalue weighted by molar-refractivity contribution is 0.816. The number of aromatic nitrogens is 1. The number of nitrogens with zero attached hydrogens (tertiary/aromatic N) is 3. The van der Waals surface area contributed by atoms with Gasteiger partial charge >= 0.3 is 0 Å². The second-order valence-electron chi connectivity index (χ2n) is 5.57. The molecule has 0 fully saturated rings. The van der Waals surface area contributed by atoms with Crippen LogP contribution in [0.5, 0.6) is 0 Å². The van der Waals surface area contributed by atoms with Gasteiger partial charge in [0, 0.05) is 46.5 Å². The molecular formula is C17H24N4. The van der Waals surface area contributed by atoms with Crippen LogP contribution < -0.4 is 15.1 Å². The first-order valence-electron chi connectivity index (χ1n) is 7.11. The highest BCUT2D eigenvalue weighted by molar-refractivity contribution is 5.77. The molecule has 4 nitrogen and oxygen atoms in total. The maximum Gasteiger partial charge on any atom is 0.0705 e. The van der Waals surface area contributed by atoms with Gasteiger partial charge in [-0.25, -0.2) is 0 Å². The van der Waals surface area contributed by atoms with E-state index in [0.29, 0.717) is 0 Å². The second-order valence-corrected chi connectivity index (χ2v) is 5.57. The molecule has 0 saturated carbocycles. The number of rotatable bonds is 5. The van der Waals surface area contributed by atoms with Crippen molar-refractivity contribution in [3.63, 3.8) is 0 Å². The minimum atomic E-state index is 0.853. The van der Waals surface area contributed by atoms with E-state index < -0.39 is 0 Å². The SMILES string of the molecule is CNCc1ccnc(-c2ccc(N(C)C)c(N(C)C)c2)c1. The Bertz CT molecular complexity index is 605. The van der Waals surface area contributed by atoms with Crippen LogP contribution in [0, 0.1) is 0 Å². The van der Waals surface area contributed by atoms with Crippen molar-refractivity contribution in [1.29, 1.82) is 0 Å². The monoisotopic (exact) mass is 284 g/mol. The Labute approximate surface area is 127 Å². The molecule has 1 aromatic carbocycles. The van der Waals surface area contributed by atoms with Crippen LogP contribution in [0.25, 0.3) is 11.3 Å². The van der Waals surface area contributed by atoms with E-state index in [1.54, 1.807) is 0 Å². The Kier molecular flexibility index (Phi) is 4.81. The van der Waals surface area contributed by atoms with Crippen LogP contribution in [0.3, 0.4) is 0 Å². The Balaban J connectivity index is 2.45. The summed E-state index contributed by atoms with van der Waals surface area (Å²) in [5.74, 6) is 0. The van der Waals surface area contributed by atoms with Gasteiger partial charge in [-0.15, -0.1) is 0 Å². The molecule has 0 aliphatic rings. The van der Waals surface area contributed by atoms with E-state index >= 15 is 0 Å². The average molecular weight is 284 g/mol. The van der Waals surface area contributed by atoms with E-state index in [4.69, 9.17) is 0 Å². The molecule has 0 spiro atoms. The van der Waals surface area contributed by atoms with Crippen LogP contribution in [0.15, 0.2) is 36.5 Å². The van der Waals surface area contributed by atoms with Gasteiger partial charge in [0.2, 0.25) is 0 Å². The zero-order valence-electron chi connectivity index (χ0n) is 13.5. The lowest BCUT2D eigenvalue weighted by atomic mass is 10.1. The van der Waals surface area contributed by atoms with Crippen molar-refractivity contribution in [2.45, 2.75) is 6.54 Å². The highest BCUT2D eigenvalue weighted by Gasteiger charge is 2.09. The molecule has 1 N–H and O–H groups in total. The molecule has 4 heteroatoms. The molecule has 2 aromatic rings. The highest BCUT2D eigenvalue weighted by atomic mass is 15.1. The van der Waals surface area contributed by atoms with Crippen LogP contribution in [0.2, 0.25) is 0 Å². The highest BCUT2D eigenvalue weighted by Crippen LogP contribution is 2.31. The van der Waals surface area contributed by atoms with Crippen molar-refractivity contribution in [1.82, 2.24) is 10.3 Å². The van der Waals surface area contributed by atoms with Crippen molar-refractivity contribution in [2.24, 2.45) is 0 Å². The second kappa shape index (κ2) is 6.59. The van der Waals surface area contributed by atoms with Gasteiger partial charge in [-0.1, -0.05) is 6.07 Å². The van der Waals surface area contributed by atoms with Crippen LogP contribution in [0.4, 0.5) is 11.4 Å². The quantitative estimate of drug-likeness (QED) is 0.914. The van der Waals surface area contributed by atoms with Gasteiger partial charge < -0.3 is 15.1 Å². The van der Waals surface area contributed by atoms with Gasteiger partial charge in [0.25, 0.3) is 0 Å². The van der Waals surface area contributed by atoms with Gasteiger partial charge in [0.15, 0.2) is 0 Å². The predicted molar refractivity (Wildman–Crippen MR) is 91.1 cm³/mol. The Morgan fingerprint density at radius 2 is 1.67 bits per heavy atom. The molecule has 0 aliphatic carbocycles. The fraction of sp³-hybridized carbons (Fsp3) is 0.353. The molecule has 0 bridgehead atoms. The number of nitrogens with one attached hydrogen (secondary N) is 1. The Morgan fingerprint density at radius 1 is 0.952 bits per heavy atom. The summed E-state index contributed by atoms with van der Waals surface area (Å²) in [6.07, 6.45) is 1.87. The number of pyridine rings is 1. The minimum absolute atomic E-state index is 0.853. The summed E-state index contributed by atoms with van der Waals surface area (Å²) < 4.78 is 0. The molecular weight excluding hydrogens is 260 g/mol. The first-order chi connectivity index (χ1) is 10.0. The van der Waals surface area contributed by atoms with E-state index in [1.165, 1.54) is 16.9 Å². The van der Waals surface area contributed by atoms with Gasteiger partial charge in [-0.2, -0.15) is 0 Å². The summed E-state index contributed by atoms with van der Waals surface area (Å²) in [4.78, 5) is 8.77. The zero-order valence-corrected chi connectivity index (χ0v) is 13.5. The first kappa shape index (κ1) is 15.3. The molecule has 21 heavy (non-hydrogen) atoms. The summed E-state index contributed by atoms with van der Waals surface area (Å²) in [5.41, 5.74) is 5.79. The molecule has 0 aliphatic heterocycles. The van der Waals surface area contributed by atoms with Crippen molar-refractivity contribution < 1.29 is 0 Å². The van der Waals surface area contributed by atoms with Crippen LogP contribution in [0.1, 0.15) is 5.56 Å². The Hall–Kier alpha value is -2.07. The summed E-state index contributed by atoms with van der Waals surface area (Å²) in [6, 6.07) is 10.7. The lowest BCUT2D eigenvalue weighted by Gasteiger charge is -2.23. The molecule has 112 valence electrons. The van der Waals surface area contributed by atoms with E-state index in [1.807, 2.05) is 19.3 Å². The van der Waals surface area contributed by atoms with E-state index in [2.05, 4.69) is 72.6 Å². The molecule has 0 radical (unpaired) electrons. The van der Waals surface area contributed by atoms with Crippen molar-refractivity contribution >= 4 is 11.4 Å². The van der Waals surface area contributed by atoms with Crippen LogP contribution in [-0.2, 0) is 6.54 Å². The third kappa shape index (κ3) is 3.52. The molecule has 0 atom stereocenters. The van der Waals surface area contributed by atoms with Crippen molar-refractivity contribution in [3.05, 3.63) is 42.1 Å². The van der Waals surface area contributed by atoms with E-state index in [0.717, 1.165) is 17.8 Å². The largest absolute Gasteiger partial charge is 0.376 e. The smallest absolute Gasteiger partial charge is 0.0705 e. The number of anilines is 2. The van der Waals surface area contributed by atoms with Gasteiger partial charge in [0.1, 0.15) is 0 Å². The fourth-order valence-electron chi connectivity index (χ4n) is 2.37. The van der Waals surface area contributed by atoms with Crippen LogP contribution in [-0.4, -0.2) is 40.2 Å². The lowest BCUT2D eigenvalue weighted by Crippen LogP contribution is -2.16. The zero-order chi connectivity index (χ0) is 15.4. The van der Waals surface area contributed by atoms with Gasteiger partial charge in [0.05, 0.1) is 17.1 Å². The van der Waals surface area contributed by atoms with Crippen molar-refractivity contribution in [3.8, 4) is 11.3 Å². The molecule has 1 aromatic heterocycles.